The summed E-state index contributed by atoms with van der Waals surface area (Å²) < 4.78 is 4.06. The fraction of sp³-hybridized carbons (Fsp3) is 0.368. The Bertz CT molecular complexity index is 890. The molecule has 0 spiro atoms. The first-order chi connectivity index (χ1) is 11.7. The number of hydrogen-bond acceptors (Lipinski definition) is 2. The standard InChI is InChI=1S/C19H22N4O/c1-14-9-11-22(21-14)12-10-20-19(24)13-23-17-7-3-2-5-15(17)16-6-4-8-18(16)23/h2-3,5,7,9,11H,4,6,8,10,12-13H2,1H3,(H,20,24). The third-order valence-corrected chi connectivity index (χ3v) is 4.77. The number of fused-ring (bicyclic) bond motifs is 3. The average Bonchev–Trinajstić information content (AvgIpc) is 3.26. The molecule has 2 heterocycles. The SMILES string of the molecule is Cc1ccn(CCNC(=O)Cn2c3c(c4ccccc42)CCC3)n1. The van der Waals surface area contributed by atoms with Crippen molar-refractivity contribution in [2.24, 2.45) is 0 Å². The number of amides is 1. The molecule has 0 aliphatic heterocycles. The topological polar surface area (TPSA) is 51.9 Å². The number of hydrogen-bond donors (Lipinski definition) is 1. The van der Waals surface area contributed by atoms with Gasteiger partial charge in [0.05, 0.1) is 12.2 Å². The maximum atomic E-state index is 12.4. The Morgan fingerprint density at radius 2 is 2.12 bits per heavy atom. The molecule has 4 rings (SSSR count). The van der Waals surface area contributed by atoms with E-state index < -0.39 is 0 Å². The van der Waals surface area contributed by atoms with Crippen molar-refractivity contribution in [3.05, 3.63) is 53.5 Å². The minimum Gasteiger partial charge on any atom is -0.353 e. The highest BCUT2D eigenvalue weighted by molar-refractivity contribution is 5.88. The van der Waals surface area contributed by atoms with Crippen LogP contribution in [0.2, 0.25) is 0 Å². The molecule has 1 aliphatic carbocycles. The largest absolute Gasteiger partial charge is 0.353 e. The second-order valence-electron chi connectivity index (χ2n) is 6.45. The van der Waals surface area contributed by atoms with Crippen LogP contribution in [0.25, 0.3) is 10.9 Å². The van der Waals surface area contributed by atoms with E-state index in [0.717, 1.165) is 18.5 Å². The lowest BCUT2D eigenvalue weighted by Crippen LogP contribution is -2.31. The summed E-state index contributed by atoms with van der Waals surface area (Å²) in [6.07, 6.45) is 5.33. The minimum atomic E-state index is 0.0642. The van der Waals surface area contributed by atoms with Crippen LogP contribution in [0.5, 0.6) is 0 Å². The number of aryl methyl sites for hydroxylation is 2. The molecule has 5 heteroatoms. The van der Waals surface area contributed by atoms with Crippen molar-refractivity contribution < 1.29 is 4.79 Å². The first-order valence-electron chi connectivity index (χ1n) is 8.58. The number of nitrogens with one attached hydrogen (secondary N) is 1. The van der Waals surface area contributed by atoms with Crippen LogP contribution in [-0.4, -0.2) is 26.8 Å². The molecule has 0 fully saturated rings. The van der Waals surface area contributed by atoms with E-state index >= 15 is 0 Å². The fourth-order valence-electron chi connectivity index (χ4n) is 3.70. The highest BCUT2D eigenvalue weighted by Crippen LogP contribution is 2.32. The Morgan fingerprint density at radius 3 is 2.96 bits per heavy atom. The van der Waals surface area contributed by atoms with Crippen molar-refractivity contribution in [3.63, 3.8) is 0 Å². The van der Waals surface area contributed by atoms with E-state index in [1.807, 2.05) is 29.9 Å². The van der Waals surface area contributed by atoms with Gasteiger partial charge in [-0.05, 0) is 43.9 Å². The zero-order valence-corrected chi connectivity index (χ0v) is 14.0. The molecule has 1 N–H and O–H groups in total. The highest BCUT2D eigenvalue weighted by atomic mass is 16.1. The smallest absolute Gasteiger partial charge is 0.240 e. The number of carbonyl (C=O) groups is 1. The van der Waals surface area contributed by atoms with Crippen LogP contribution < -0.4 is 5.32 Å². The predicted octanol–water partition coefficient (Wildman–Crippen LogP) is 2.45. The van der Waals surface area contributed by atoms with Gasteiger partial charge in [-0.3, -0.25) is 9.48 Å². The molecule has 0 unspecified atom stereocenters. The van der Waals surface area contributed by atoms with Crippen molar-refractivity contribution in [1.29, 1.82) is 0 Å². The molecular weight excluding hydrogens is 300 g/mol. The number of para-hydroxylation sites is 1. The van der Waals surface area contributed by atoms with Crippen LogP contribution in [0.15, 0.2) is 36.5 Å². The third kappa shape index (κ3) is 2.70. The molecule has 2 aromatic heterocycles. The lowest BCUT2D eigenvalue weighted by molar-refractivity contribution is -0.121. The van der Waals surface area contributed by atoms with E-state index in [-0.39, 0.29) is 5.91 Å². The van der Waals surface area contributed by atoms with Gasteiger partial charge in [0.1, 0.15) is 6.54 Å². The molecular formula is C19H22N4O. The summed E-state index contributed by atoms with van der Waals surface area (Å²) in [6.45, 7) is 3.66. The van der Waals surface area contributed by atoms with Gasteiger partial charge in [0, 0.05) is 29.3 Å². The fourth-order valence-corrected chi connectivity index (χ4v) is 3.70. The van der Waals surface area contributed by atoms with Gasteiger partial charge < -0.3 is 9.88 Å². The highest BCUT2D eigenvalue weighted by Gasteiger charge is 2.22. The normalized spacial score (nSPS) is 13.4. The Hall–Kier alpha value is -2.56. The van der Waals surface area contributed by atoms with Crippen molar-refractivity contribution in [1.82, 2.24) is 19.7 Å². The Morgan fingerprint density at radius 1 is 1.25 bits per heavy atom. The van der Waals surface area contributed by atoms with Gasteiger partial charge in [-0.2, -0.15) is 5.10 Å². The van der Waals surface area contributed by atoms with Gasteiger partial charge >= 0.3 is 0 Å². The maximum Gasteiger partial charge on any atom is 0.240 e. The van der Waals surface area contributed by atoms with Gasteiger partial charge in [0.15, 0.2) is 0 Å². The van der Waals surface area contributed by atoms with Gasteiger partial charge in [-0.25, -0.2) is 0 Å². The molecule has 1 aliphatic rings. The van der Waals surface area contributed by atoms with E-state index in [1.165, 1.54) is 28.6 Å². The number of benzene rings is 1. The number of aromatic nitrogens is 3. The maximum absolute atomic E-state index is 12.4. The first kappa shape index (κ1) is 15.0. The molecule has 5 nitrogen and oxygen atoms in total. The summed E-state index contributed by atoms with van der Waals surface area (Å²) in [5, 5.41) is 8.66. The molecule has 0 radical (unpaired) electrons. The van der Waals surface area contributed by atoms with Crippen molar-refractivity contribution in [3.8, 4) is 0 Å². The molecule has 24 heavy (non-hydrogen) atoms. The van der Waals surface area contributed by atoms with E-state index in [1.54, 1.807) is 0 Å². The van der Waals surface area contributed by atoms with E-state index in [2.05, 4.69) is 33.2 Å². The van der Waals surface area contributed by atoms with Gasteiger partial charge in [0.2, 0.25) is 5.91 Å². The molecule has 1 amide bonds. The average molecular weight is 322 g/mol. The van der Waals surface area contributed by atoms with E-state index in [9.17, 15) is 4.79 Å². The van der Waals surface area contributed by atoms with Crippen molar-refractivity contribution in [2.45, 2.75) is 39.3 Å². The molecule has 124 valence electrons. The lowest BCUT2D eigenvalue weighted by Gasteiger charge is -2.10. The molecule has 0 bridgehead atoms. The van der Waals surface area contributed by atoms with Gasteiger partial charge in [-0.1, -0.05) is 18.2 Å². The first-order valence-corrected chi connectivity index (χ1v) is 8.58. The van der Waals surface area contributed by atoms with Gasteiger partial charge in [0.25, 0.3) is 0 Å². The second-order valence-corrected chi connectivity index (χ2v) is 6.45. The van der Waals surface area contributed by atoms with Crippen LogP contribution in [0.1, 0.15) is 23.4 Å². The lowest BCUT2D eigenvalue weighted by atomic mass is 10.1. The minimum absolute atomic E-state index is 0.0642. The summed E-state index contributed by atoms with van der Waals surface area (Å²) in [5.41, 5.74) is 4.95. The summed E-state index contributed by atoms with van der Waals surface area (Å²) in [4.78, 5) is 12.4. The van der Waals surface area contributed by atoms with Crippen LogP contribution >= 0.6 is 0 Å². The zero-order valence-electron chi connectivity index (χ0n) is 14.0. The number of nitrogens with zero attached hydrogens (tertiary/aromatic N) is 3. The molecule has 3 aromatic rings. The van der Waals surface area contributed by atoms with Crippen molar-refractivity contribution >= 4 is 16.8 Å². The number of carbonyl (C=O) groups excluding carboxylic acids is 1. The van der Waals surface area contributed by atoms with Crippen LogP contribution in [0, 0.1) is 6.92 Å². The molecule has 1 aromatic carbocycles. The van der Waals surface area contributed by atoms with Crippen LogP contribution in [0.3, 0.4) is 0 Å². The second kappa shape index (κ2) is 6.15. The monoisotopic (exact) mass is 322 g/mol. The molecule has 0 saturated carbocycles. The summed E-state index contributed by atoms with van der Waals surface area (Å²) >= 11 is 0. The molecule has 0 atom stereocenters. The van der Waals surface area contributed by atoms with E-state index in [0.29, 0.717) is 19.6 Å². The zero-order chi connectivity index (χ0) is 16.5. The summed E-state index contributed by atoms with van der Waals surface area (Å²) in [7, 11) is 0. The van der Waals surface area contributed by atoms with E-state index in [4.69, 9.17) is 0 Å². The quantitative estimate of drug-likeness (QED) is 0.784. The summed E-state index contributed by atoms with van der Waals surface area (Å²) in [5.74, 6) is 0.0642. The van der Waals surface area contributed by atoms with Gasteiger partial charge in [-0.15, -0.1) is 0 Å². The number of rotatable bonds is 5. The third-order valence-electron chi connectivity index (χ3n) is 4.77. The Balaban J connectivity index is 1.45. The van der Waals surface area contributed by atoms with Crippen molar-refractivity contribution in [2.75, 3.05) is 6.54 Å². The predicted molar refractivity (Wildman–Crippen MR) is 93.9 cm³/mol. The Kier molecular flexibility index (Phi) is 3.84. The Labute approximate surface area is 141 Å². The van der Waals surface area contributed by atoms with Crippen LogP contribution in [0.4, 0.5) is 0 Å². The molecule has 0 saturated heterocycles. The van der Waals surface area contributed by atoms with Crippen LogP contribution in [-0.2, 0) is 30.7 Å². The summed E-state index contributed by atoms with van der Waals surface area (Å²) in [6, 6.07) is 10.4.